The van der Waals surface area contributed by atoms with Crippen molar-refractivity contribution in [1.29, 1.82) is 0 Å². The molecule has 0 N–H and O–H groups in total. The predicted octanol–water partition coefficient (Wildman–Crippen LogP) is 3.41. The first-order chi connectivity index (χ1) is 11.2. The van der Waals surface area contributed by atoms with Gasteiger partial charge >= 0.3 is 0 Å². The molecule has 4 nitrogen and oxygen atoms in total. The summed E-state index contributed by atoms with van der Waals surface area (Å²) in [6, 6.07) is 7.74. The van der Waals surface area contributed by atoms with E-state index in [9.17, 15) is 4.79 Å². The quantitative estimate of drug-likeness (QED) is 0.863. The fraction of sp³-hybridized carbons (Fsp3) is 0.444. The largest absolute Gasteiger partial charge is 0.496 e. The standard InChI is InChI=1S/C18H22N2O2S/c1-13-11-19-18(23-13)15-7-5-9-20(12-15)17(21)10-14-6-3-4-8-16(14)22-2/h3-4,6,8,11,15H,5,7,9-10,12H2,1-2H3/t15-/m0/s1. The van der Waals surface area contributed by atoms with Crippen molar-refractivity contribution in [3.63, 3.8) is 0 Å². The van der Waals surface area contributed by atoms with Crippen LogP contribution in [0.3, 0.4) is 0 Å². The minimum atomic E-state index is 0.174. The summed E-state index contributed by atoms with van der Waals surface area (Å²) >= 11 is 1.75. The van der Waals surface area contributed by atoms with E-state index in [2.05, 4.69) is 11.9 Å². The zero-order valence-electron chi connectivity index (χ0n) is 13.6. The lowest BCUT2D eigenvalue weighted by Crippen LogP contribution is -2.40. The Morgan fingerprint density at radius 2 is 2.26 bits per heavy atom. The van der Waals surface area contributed by atoms with Crippen molar-refractivity contribution in [1.82, 2.24) is 9.88 Å². The zero-order valence-corrected chi connectivity index (χ0v) is 14.4. The zero-order chi connectivity index (χ0) is 16.2. The lowest BCUT2D eigenvalue weighted by Gasteiger charge is -2.32. The molecule has 0 saturated carbocycles. The monoisotopic (exact) mass is 330 g/mol. The molecule has 5 heteroatoms. The summed E-state index contributed by atoms with van der Waals surface area (Å²) in [6.45, 7) is 3.70. The van der Waals surface area contributed by atoms with Gasteiger partial charge in [0.1, 0.15) is 5.75 Å². The van der Waals surface area contributed by atoms with Crippen LogP contribution in [0, 0.1) is 6.92 Å². The topological polar surface area (TPSA) is 42.4 Å². The highest BCUT2D eigenvalue weighted by atomic mass is 32.1. The average Bonchev–Trinajstić information content (AvgIpc) is 3.02. The molecule has 0 unspecified atom stereocenters. The fourth-order valence-electron chi connectivity index (χ4n) is 3.09. The minimum absolute atomic E-state index is 0.174. The third-order valence-corrected chi connectivity index (χ3v) is 5.37. The van der Waals surface area contributed by atoms with Crippen LogP contribution >= 0.6 is 11.3 Å². The van der Waals surface area contributed by atoms with E-state index >= 15 is 0 Å². The highest BCUT2D eigenvalue weighted by Crippen LogP contribution is 2.30. The number of thiazole rings is 1. The van der Waals surface area contributed by atoms with E-state index in [1.54, 1.807) is 18.4 Å². The van der Waals surface area contributed by atoms with E-state index in [-0.39, 0.29) is 5.91 Å². The lowest BCUT2D eigenvalue weighted by atomic mass is 9.98. The summed E-state index contributed by atoms with van der Waals surface area (Å²) in [4.78, 5) is 20.4. The summed E-state index contributed by atoms with van der Waals surface area (Å²) in [5.41, 5.74) is 0.951. The first-order valence-electron chi connectivity index (χ1n) is 7.99. The molecule has 2 aromatic rings. The van der Waals surface area contributed by atoms with Crippen molar-refractivity contribution >= 4 is 17.2 Å². The molecule has 122 valence electrons. The van der Waals surface area contributed by atoms with Crippen molar-refractivity contribution in [2.75, 3.05) is 20.2 Å². The third kappa shape index (κ3) is 3.72. The number of para-hydroxylation sites is 1. The molecule has 1 aliphatic heterocycles. The van der Waals surface area contributed by atoms with E-state index in [1.165, 1.54) is 4.88 Å². The summed E-state index contributed by atoms with van der Waals surface area (Å²) in [5, 5.41) is 1.16. The number of hydrogen-bond donors (Lipinski definition) is 0. The highest BCUT2D eigenvalue weighted by molar-refractivity contribution is 7.11. The second kappa shape index (κ2) is 7.13. The van der Waals surface area contributed by atoms with Gasteiger partial charge in [0.25, 0.3) is 0 Å². The molecule has 0 bridgehead atoms. The number of piperidine rings is 1. The van der Waals surface area contributed by atoms with Crippen molar-refractivity contribution in [3.8, 4) is 5.75 Å². The fourth-order valence-corrected chi connectivity index (χ4v) is 3.99. The van der Waals surface area contributed by atoms with Crippen LogP contribution < -0.4 is 4.74 Å². The smallest absolute Gasteiger partial charge is 0.227 e. The maximum atomic E-state index is 12.7. The molecular formula is C18H22N2O2S. The molecule has 1 aromatic heterocycles. The van der Waals surface area contributed by atoms with Crippen LogP contribution in [0.2, 0.25) is 0 Å². The molecule has 0 spiro atoms. The number of amides is 1. The molecule has 3 rings (SSSR count). The van der Waals surface area contributed by atoms with E-state index < -0.39 is 0 Å². The number of hydrogen-bond acceptors (Lipinski definition) is 4. The van der Waals surface area contributed by atoms with Crippen LogP contribution in [0.5, 0.6) is 5.75 Å². The molecule has 2 heterocycles. The van der Waals surface area contributed by atoms with Crippen molar-refractivity contribution in [2.45, 2.75) is 32.1 Å². The van der Waals surface area contributed by atoms with Gasteiger partial charge in [-0.15, -0.1) is 11.3 Å². The molecule has 1 aliphatic rings. The summed E-state index contributed by atoms with van der Waals surface area (Å²) in [7, 11) is 1.64. The number of nitrogens with zero attached hydrogens (tertiary/aromatic N) is 2. The van der Waals surface area contributed by atoms with Gasteiger partial charge in [-0.25, -0.2) is 4.98 Å². The highest BCUT2D eigenvalue weighted by Gasteiger charge is 2.26. The van der Waals surface area contributed by atoms with Gasteiger partial charge < -0.3 is 9.64 Å². The van der Waals surface area contributed by atoms with Crippen LogP contribution in [0.25, 0.3) is 0 Å². The van der Waals surface area contributed by atoms with Crippen molar-refractivity contribution < 1.29 is 9.53 Å². The van der Waals surface area contributed by atoms with Gasteiger partial charge in [0.2, 0.25) is 5.91 Å². The number of carbonyl (C=O) groups excluding carboxylic acids is 1. The molecule has 1 fully saturated rings. The number of likely N-dealkylation sites (tertiary alicyclic amines) is 1. The number of carbonyl (C=O) groups is 1. The first kappa shape index (κ1) is 16.0. The Labute approximate surface area is 141 Å². The molecule has 0 aliphatic carbocycles. The van der Waals surface area contributed by atoms with Crippen LogP contribution in [-0.4, -0.2) is 36.0 Å². The summed E-state index contributed by atoms with van der Waals surface area (Å²) < 4.78 is 5.35. The Morgan fingerprint density at radius 1 is 1.43 bits per heavy atom. The number of benzene rings is 1. The van der Waals surface area contributed by atoms with Gasteiger partial charge in [0.05, 0.1) is 18.5 Å². The Hall–Kier alpha value is -1.88. The third-order valence-electron chi connectivity index (χ3n) is 4.30. The van der Waals surface area contributed by atoms with Crippen molar-refractivity contribution in [3.05, 3.63) is 45.9 Å². The first-order valence-corrected chi connectivity index (χ1v) is 8.81. The molecule has 0 radical (unpaired) electrons. The SMILES string of the molecule is COc1ccccc1CC(=O)N1CCC[C@H](c2ncc(C)s2)C1. The predicted molar refractivity (Wildman–Crippen MR) is 92.1 cm³/mol. The van der Waals surface area contributed by atoms with E-state index in [0.29, 0.717) is 12.3 Å². The van der Waals surface area contributed by atoms with Gasteiger partial charge in [0, 0.05) is 35.6 Å². The van der Waals surface area contributed by atoms with Crippen molar-refractivity contribution in [2.24, 2.45) is 0 Å². The van der Waals surface area contributed by atoms with Gasteiger partial charge in [-0.1, -0.05) is 18.2 Å². The Bertz CT molecular complexity index is 683. The van der Waals surface area contributed by atoms with Crippen LogP contribution in [-0.2, 0) is 11.2 Å². The molecule has 1 amide bonds. The van der Waals surface area contributed by atoms with Gasteiger partial charge in [0.15, 0.2) is 0 Å². The molecular weight excluding hydrogens is 308 g/mol. The number of aromatic nitrogens is 1. The number of aryl methyl sites for hydroxylation is 1. The summed E-state index contributed by atoms with van der Waals surface area (Å²) in [6.07, 6.45) is 4.48. The molecule has 1 aromatic carbocycles. The Morgan fingerprint density at radius 3 is 3.00 bits per heavy atom. The van der Waals surface area contributed by atoms with E-state index in [0.717, 1.165) is 42.3 Å². The average molecular weight is 330 g/mol. The number of rotatable bonds is 4. The van der Waals surface area contributed by atoms with Crippen LogP contribution in [0.1, 0.15) is 34.2 Å². The molecule has 23 heavy (non-hydrogen) atoms. The summed E-state index contributed by atoms with van der Waals surface area (Å²) in [5.74, 6) is 1.33. The second-order valence-corrected chi connectivity index (χ2v) is 7.24. The van der Waals surface area contributed by atoms with Crippen LogP contribution in [0.15, 0.2) is 30.5 Å². The van der Waals surface area contributed by atoms with Gasteiger partial charge in [-0.05, 0) is 25.8 Å². The second-order valence-electron chi connectivity index (χ2n) is 5.98. The van der Waals surface area contributed by atoms with E-state index in [1.807, 2.05) is 35.4 Å². The minimum Gasteiger partial charge on any atom is -0.496 e. The number of ether oxygens (including phenoxy) is 1. The van der Waals surface area contributed by atoms with Gasteiger partial charge in [-0.2, -0.15) is 0 Å². The molecule has 1 saturated heterocycles. The molecule has 1 atom stereocenters. The lowest BCUT2D eigenvalue weighted by molar-refractivity contribution is -0.131. The van der Waals surface area contributed by atoms with Gasteiger partial charge in [-0.3, -0.25) is 4.79 Å². The van der Waals surface area contributed by atoms with Crippen LogP contribution in [0.4, 0.5) is 0 Å². The Balaban J connectivity index is 1.67. The number of methoxy groups -OCH3 is 1. The van der Waals surface area contributed by atoms with E-state index in [4.69, 9.17) is 4.74 Å². The maximum absolute atomic E-state index is 12.7. The Kier molecular flexibility index (Phi) is 4.96. The maximum Gasteiger partial charge on any atom is 0.227 e. The normalized spacial score (nSPS) is 18.0.